The average molecular weight is 270 g/mol. The van der Waals surface area contributed by atoms with Crippen LogP contribution in [-0.4, -0.2) is 20.6 Å². The quantitative estimate of drug-likeness (QED) is 0.864. The van der Waals surface area contributed by atoms with E-state index in [2.05, 4.69) is 4.98 Å². The molecule has 0 aliphatic carbocycles. The third kappa shape index (κ3) is 2.75. The van der Waals surface area contributed by atoms with Crippen molar-refractivity contribution in [2.45, 2.75) is 13.0 Å². The normalized spacial score (nSPS) is 10.7. The number of aromatic nitrogens is 2. The van der Waals surface area contributed by atoms with E-state index >= 15 is 0 Å². The zero-order chi connectivity index (χ0) is 14.0. The van der Waals surface area contributed by atoms with Crippen LogP contribution in [0.4, 0.5) is 13.2 Å². The number of nitrogens with zero attached hydrogens (tertiary/aromatic N) is 2. The zero-order valence-electron chi connectivity index (χ0n) is 9.61. The molecule has 0 saturated carbocycles. The standard InChI is InChI=1S/C12H9F3N2O2/c13-8-2-1-7(11(14)12(8)15)5-9-16-3-4-17(9)6-10(18)19/h1-4H,5-6H2,(H,18,19). The third-order valence-corrected chi connectivity index (χ3v) is 2.57. The lowest BCUT2D eigenvalue weighted by molar-refractivity contribution is -0.137. The molecule has 0 unspecified atom stereocenters. The van der Waals surface area contributed by atoms with E-state index in [1.54, 1.807) is 0 Å². The summed E-state index contributed by atoms with van der Waals surface area (Å²) < 4.78 is 40.6. The fourth-order valence-electron chi connectivity index (χ4n) is 1.67. The molecule has 0 aliphatic rings. The Balaban J connectivity index is 2.29. The molecular formula is C12H9F3N2O2. The van der Waals surface area contributed by atoms with E-state index in [0.717, 1.165) is 12.1 Å². The van der Waals surface area contributed by atoms with Gasteiger partial charge in [0, 0.05) is 18.8 Å². The average Bonchev–Trinajstić information content (AvgIpc) is 2.77. The van der Waals surface area contributed by atoms with Crippen LogP contribution in [0.15, 0.2) is 24.5 Å². The molecule has 4 nitrogen and oxygen atoms in total. The summed E-state index contributed by atoms with van der Waals surface area (Å²) in [6, 6.07) is 1.92. The van der Waals surface area contributed by atoms with Crippen molar-refractivity contribution < 1.29 is 23.1 Å². The topological polar surface area (TPSA) is 55.1 Å². The zero-order valence-corrected chi connectivity index (χ0v) is 9.61. The molecule has 1 N–H and O–H groups in total. The van der Waals surface area contributed by atoms with Gasteiger partial charge in [-0.25, -0.2) is 18.2 Å². The van der Waals surface area contributed by atoms with Crippen LogP contribution in [0, 0.1) is 17.5 Å². The SMILES string of the molecule is O=C(O)Cn1ccnc1Cc1ccc(F)c(F)c1F. The lowest BCUT2D eigenvalue weighted by Gasteiger charge is -2.07. The molecule has 2 aromatic rings. The first kappa shape index (κ1) is 13.1. The van der Waals surface area contributed by atoms with E-state index in [9.17, 15) is 18.0 Å². The van der Waals surface area contributed by atoms with Gasteiger partial charge in [-0.1, -0.05) is 6.07 Å². The van der Waals surface area contributed by atoms with Crippen LogP contribution in [0.3, 0.4) is 0 Å². The summed E-state index contributed by atoms with van der Waals surface area (Å²) >= 11 is 0. The highest BCUT2D eigenvalue weighted by Crippen LogP contribution is 2.17. The number of aliphatic carboxylic acids is 1. The number of hydrogen-bond acceptors (Lipinski definition) is 2. The summed E-state index contributed by atoms with van der Waals surface area (Å²) in [6.45, 7) is -0.333. The molecule has 0 saturated heterocycles. The smallest absolute Gasteiger partial charge is 0.323 e. The second-order valence-corrected chi connectivity index (χ2v) is 3.88. The predicted octanol–water partition coefficient (Wildman–Crippen LogP) is 1.98. The maximum atomic E-state index is 13.5. The third-order valence-electron chi connectivity index (χ3n) is 2.57. The van der Waals surface area contributed by atoms with Gasteiger partial charge in [0.1, 0.15) is 12.4 Å². The van der Waals surface area contributed by atoms with E-state index in [1.807, 2.05) is 0 Å². The Kier molecular flexibility index (Phi) is 3.55. The predicted molar refractivity (Wildman–Crippen MR) is 59.0 cm³/mol. The van der Waals surface area contributed by atoms with Crippen LogP contribution >= 0.6 is 0 Å². The summed E-state index contributed by atoms with van der Waals surface area (Å²) in [5.74, 6) is -4.92. The number of hydrogen-bond donors (Lipinski definition) is 1. The largest absolute Gasteiger partial charge is 0.480 e. The summed E-state index contributed by atoms with van der Waals surface area (Å²) in [7, 11) is 0. The van der Waals surface area contributed by atoms with Gasteiger partial charge in [0.2, 0.25) is 0 Å². The fraction of sp³-hybridized carbons (Fsp3) is 0.167. The van der Waals surface area contributed by atoms with E-state index < -0.39 is 23.4 Å². The highest BCUT2D eigenvalue weighted by molar-refractivity contribution is 5.66. The molecule has 1 aromatic heterocycles. The molecule has 0 radical (unpaired) electrons. The molecule has 0 spiro atoms. The van der Waals surface area contributed by atoms with Crippen molar-refractivity contribution in [3.63, 3.8) is 0 Å². The molecule has 0 fully saturated rings. The van der Waals surface area contributed by atoms with Crippen molar-refractivity contribution in [3.8, 4) is 0 Å². The van der Waals surface area contributed by atoms with Crippen LogP contribution < -0.4 is 0 Å². The van der Waals surface area contributed by atoms with E-state index in [0.29, 0.717) is 0 Å². The van der Waals surface area contributed by atoms with Crippen molar-refractivity contribution in [1.82, 2.24) is 9.55 Å². The lowest BCUT2D eigenvalue weighted by Crippen LogP contribution is -2.12. The van der Waals surface area contributed by atoms with Gasteiger partial charge in [0.15, 0.2) is 17.5 Å². The van der Waals surface area contributed by atoms with Gasteiger partial charge < -0.3 is 9.67 Å². The number of carboxylic acids is 1. The Morgan fingerprint density at radius 3 is 2.68 bits per heavy atom. The van der Waals surface area contributed by atoms with Crippen LogP contribution in [0.2, 0.25) is 0 Å². The van der Waals surface area contributed by atoms with Crippen molar-refractivity contribution in [3.05, 3.63) is 53.4 Å². The maximum Gasteiger partial charge on any atom is 0.323 e. The van der Waals surface area contributed by atoms with Crippen molar-refractivity contribution in [2.75, 3.05) is 0 Å². The van der Waals surface area contributed by atoms with E-state index in [-0.39, 0.29) is 24.4 Å². The summed E-state index contributed by atoms with van der Waals surface area (Å²) in [4.78, 5) is 14.5. The second kappa shape index (κ2) is 5.13. The molecule has 7 heteroatoms. The minimum atomic E-state index is -1.55. The number of rotatable bonds is 4. The molecule has 1 aromatic carbocycles. The number of carboxylic acid groups (broad SMARTS) is 1. The summed E-state index contributed by atoms with van der Waals surface area (Å²) in [5, 5.41) is 8.68. The van der Waals surface area contributed by atoms with Crippen LogP contribution in [0.25, 0.3) is 0 Å². The molecule has 2 rings (SSSR count). The van der Waals surface area contributed by atoms with Crippen LogP contribution in [-0.2, 0) is 17.8 Å². The first-order valence-electron chi connectivity index (χ1n) is 5.33. The van der Waals surface area contributed by atoms with Crippen LogP contribution in [0.1, 0.15) is 11.4 Å². The van der Waals surface area contributed by atoms with Gasteiger partial charge in [0.25, 0.3) is 0 Å². The first-order valence-corrected chi connectivity index (χ1v) is 5.33. The van der Waals surface area contributed by atoms with E-state index in [4.69, 9.17) is 5.11 Å². The second-order valence-electron chi connectivity index (χ2n) is 3.88. The van der Waals surface area contributed by atoms with E-state index in [1.165, 1.54) is 17.0 Å². The highest BCUT2D eigenvalue weighted by atomic mass is 19.2. The molecule has 1 heterocycles. The van der Waals surface area contributed by atoms with Gasteiger partial charge in [-0.05, 0) is 11.6 Å². The maximum absolute atomic E-state index is 13.5. The number of carbonyl (C=O) groups is 1. The Bertz CT molecular complexity index is 625. The minimum absolute atomic E-state index is 0.0864. The Morgan fingerprint density at radius 2 is 2.00 bits per heavy atom. The number of halogens is 3. The fourth-order valence-corrected chi connectivity index (χ4v) is 1.67. The van der Waals surface area contributed by atoms with Gasteiger partial charge >= 0.3 is 5.97 Å². The molecular weight excluding hydrogens is 261 g/mol. The molecule has 0 atom stereocenters. The van der Waals surface area contributed by atoms with Crippen LogP contribution in [0.5, 0.6) is 0 Å². The lowest BCUT2D eigenvalue weighted by atomic mass is 10.1. The van der Waals surface area contributed by atoms with Crippen molar-refractivity contribution in [2.24, 2.45) is 0 Å². The Labute approximate surface area is 106 Å². The van der Waals surface area contributed by atoms with Crippen molar-refractivity contribution >= 4 is 5.97 Å². The molecule has 0 bridgehead atoms. The molecule has 0 amide bonds. The van der Waals surface area contributed by atoms with Crippen molar-refractivity contribution in [1.29, 1.82) is 0 Å². The van der Waals surface area contributed by atoms with Gasteiger partial charge in [-0.15, -0.1) is 0 Å². The minimum Gasteiger partial charge on any atom is -0.480 e. The van der Waals surface area contributed by atoms with Gasteiger partial charge in [-0.2, -0.15) is 0 Å². The Morgan fingerprint density at radius 1 is 1.26 bits per heavy atom. The van der Waals surface area contributed by atoms with Gasteiger partial charge in [0.05, 0.1) is 0 Å². The monoisotopic (exact) mass is 270 g/mol. The Hall–Kier alpha value is -2.31. The number of imidazole rings is 1. The number of benzene rings is 1. The summed E-state index contributed by atoms with van der Waals surface area (Å²) in [6.07, 6.45) is 2.65. The summed E-state index contributed by atoms with van der Waals surface area (Å²) in [5.41, 5.74) is -0.0864. The molecule has 100 valence electrons. The molecule has 0 aliphatic heterocycles. The molecule has 19 heavy (non-hydrogen) atoms. The van der Waals surface area contributed by atoms with Gasteiger partial charge in [-0.3, -0.25) is 4.79 Å². The first-order chi connectivity index (χ1) is 8.99. The highest BCUT2D eigenvalue weighted by Gasteiger charge is 2.15.